The largest absolute Gasteiger partial charge is 0.361 e. The van der Waals surface area contributed by atoms with E-state index in [1.807, 2.05) is 10.9 Å². The fourth-order valence-electron chi connectivity index (χ4n) is 3.64. The van der Waals surface area contributed by atoms with Crippen molar-refractivity contribution in [2.75, 3.05) is 13.1 Å². The number of nitrogens with one attached hydrogen (secondary N) is 1. The van der Waals surface area contributed by atoms with Crippen LogP contribution in [0.1, 0.15) is 56.8 Å². The van der Waals surface area contributed by atoms with Gasteiger partial charge in [-0.2, -0.15) is 0 Å². The van der Waals surface area contributed by atoms with Gasteiger partial charge < -0.3 is 9.84 Å². The lowest BCUT2D eigenvalue weighted by atomic mass is 10.1. The van der Waals surface area contributed by atoms with Gasteiger partial charge in [-0.1, -0.05) is 24.2 Å². The summed E-state index contributed by atoms with van der Waals surface area (Å²) in [7, 11) is 0. The van der Waals surface area contributed by atoms with Crippen LogP contribution in [-0.2, 0) is 25.9 Å². The van der Waals surface area contributed by atoms with Crippen molar-refractivity contribution in [2.45, 2.75) is 72.1 Å². The third-order valence-corrected chi connectivity index (χ3v) is 5.04. The third kappa shape index (κ3) is 4.10. The minimum atomic E-state index is 0.507. The summed E-state index contributed by atoms with van der Waals surface area (Å²) in [6.07, 6.45) is 4.98. The molecule has 7 heteroatoms. The predicted molar refractivity (Wildman–Crippen MR) is 96.3 cm³/mol. The maximum atomic E-state index is 5.53. The molecule has 0 amide bonds. The first-order valence-electron chi connectivity index (χ1n) is 9.44. The zero-order chi connectivity index (χ0) is 17.8. The Kier molecular flexibility index (Phi) is 5.86. The molecule has 138 valence electrons. The highest BCUT2D eigenvalue weighted by Gasteiger charge is 2.25. The summed E-state index contributed by atoms with van der Waals surface area (Å²) in [6, 6.07) is 1.01. The molecule has 0 aliphatic carbocycles. The van der Waals surface area contributed by atoms with Crippen molar-refractivity contribution >= 4 is 0 Å². The molecule has 3 heterocycles. The van der Waals surface area contributed by atoms with Crippen molar-refractivity contribution < 1.29 is 4.52 Å². The Hall–Kier alpha value is -1.73. The highest BCUT2D eigenvalue weighted by atomic mass is 16.5. The molecule has 1 fully saturated rings. The van der Waals surface area contributed by atoms with E-state index < -0.39 is 0 Å². The molecular formula is C18H30N6O. The van der Waals surface area contributed by atoms with Gasteiger partial charge in [0.1, 0.15) is 11.5 Å². The first-order valence-corrected chi connectivity index (χ1v) is 9.44. The number of aryl methyl sites for hydroxylation is 1. The van der Waals surface area contributed by atoms with Crippen molar-refractivity contribution in [1.29, 1.82) is 0 Å². The normalized spacial score (nSPS) is 21.8. The molecule has 0 radical (unpaired) electrons. The van der Waals surface area contributed by atoms with Crippen LogP contribution in [0.3, 0.4) is 0 Å². The summed E-state index contributed by atoms with van der Waals surface area (Å²) in [5.74, 6) is 1.02. The maximum absolute atomic E-state index is 5.53. The van der Waals surface area contributed by atoms with Crippen LogP contribution in [-0.4, -0.2) is 50.2 Å². The number of hydrogen-bond acceptors (Lipinski definition) is 6. The molecule has 0 aromatic carbocycles. The zero-order valence-corrected chi connectivity index (χ0v) is 15.8. The van der Waals surface area contributed by atoms with Crippen LogP contribution >= 0.6 is 0 Å². The Morgan fingerprint density at radius 1 is 1.20 bits per heavy atom. The Morgan fingerprint density at radius 3 is 2.64 bits per heavy atom. The molecule has 0 saturated carbocycles. The SMILES string of the molecule is CCCc1onc(Cn2cc(CN3[C@H](C)CNC[C@@H]3C)nn2)c1CC. The van der Waals surface area contributed by atoms with E-state index in [1.54, 1.807) is 0 Å². The topological polar surface area (TPSA) is 72.0 Å². The third-order valence-electron chi connectivity index (χ3n) is 5.04. The van der Waals surface area contributed by atoms with E-state index in [1.165, 1.54) is 5.56 Å². The Labute approximate surface area is 149 Å². The van der Waals surface area contributed by atoms with Gasteiger partial charge in [-0.05, 0) is 26.7 Å². The van der Waals surface area contributed by atoms with Gasteiger partial charge in [0, 0.05) is 43.7 Å². The van der Waals surface area contributed by atoms with E-state index in [2.05, 4.69) is 53.4 Å². The van der Waals surface area contributed by atoms with Crippen LogP contribution < -0.4 is 5.32 Å². The Morgan fingerprint density at radius 2 is 1.96 bits per heavy atom. The lowest BCUT2D eigenvalue weighted by Crippen LogP contribution is -2.54. The Bertz CT molecular complexity index is 669. The van der Waals surface area contributed by atoms with Gasteiger partial charge in [0.15, 0.2) is 0 Å². The van der Waals surface area contributed by atoms with Crippen molar-refractivity contribution in [3.8, 4) is 0 Å². The molecule has 0 bridgehead atoms. The lowest BCUT2D eigenvalue weighted by molar-refractivity contribution is 0.107. The van der Waals surface area contributed by atoms with Crippen LogP contribution in [0.4, 0.5) is 0 Å². The van der Waals surface area contributed by atoms with Gasteiger partial charge >= 0.3 is 0 Å². The highest BCUT2D eigenvalue weighted by molar-refractivity contribution is 5.23. The molecule has 2 aromatic heterocycles. The second kappa shape index (κ2) is 8.10. The van der Waals surface area contributed by atoms with E-state index in [9.17, 15) is 0 Å². The van der Waals surface area contributed by atoms with E-state index in [-0.39, 0.29) is 0 Å². The van der Waals surface area contributed by atoms with Gasteiger partial charge in [-0.15, -0.1) is 5.10 Å². The zero-order valence-electron chi connectivity index (χ0n) is 15.8. The fraction of sp³-hybridized carbons (Fsp3) is 0.722. The standard InChI is InChI=1S/C18H30N6O/c1-5-7-18-16(6-2)17(21-25-18)12-23-10-15(20-22-23)11-24-13(3)8-19-9-14(24)4/h10,13-14,19H,5-9,11-12H2,1-4H3/t13-,14+. The molecule has 3 rings (SSSR count). The number of hydrogen-bond donors (Lipinski definition) is 1. The lowest BCUT2D eigenvalue weighted by Gasteiger charge is -2.38. The number of piperazine rings is 1. The molecule has 7 nitrogen and oxygen atoms in total. The van der Waals surface area contributed by atoms with Crippen LogP contribution in [0.15, 0.2) is 10.7 Å². The molecule has 1 aliphatic heterocycles. The van der Waals surface area contributed by atoms with E-state index in [0.717, 1.165) is 56.0 Å². The quantitative estimate of drug-likeness (QED) is 0.827. The molecule has 1 aliphatic rings. The molecular weight excluding hydrogens is 316 g/mol. The maximum Gasteiger partial charge on any atom is 0.140 e. The smallest absolute Gasteiger partial charge is 0.140 e. The van der Waals surface area contributed by atoms with E-state index >= 15 is 0 Å². The molecule has 2 aromatic rings. The van der Waals surface area contributed by atoms with Gasteiger partial charge in [0.05, 0.1) is 18.4 Å². The minimum Gasteiger partial charge on any atom is -0.361 e. The summed E-state index contributed by atoms with van der Waals surface area (Å²) in [6.45, 7) is 12.3. The molecule has 2 atom stereocenters. The van der Waals surface area contributed by atoms with Crippen molar-refractivity contribution in [1.82, 2.24) is 30.4 Å². The van der Waals surface area contributed by atoms with Gasteiger partial charge in [-0.3, -0.25) is 4.90 Å². The fourth-order valence-corrected chi connectivity index (χ4v) is 3.64. The molecule has 25 heavy (non-hydrogen) atoms. The summed E-state index contributed by atoms with van der Waals surface area (Å²) >= 11 is 0. The first-order chi connectivity index (χ1) is 12.1. The first kappa shape index (κ1) is 18.1. The molecule has 0 spiro atoms. The second-order valence-electron chi connectivity index (χ2n) is 7.07. The van der Waals surface area contributed by atoms with Crippen molar-refractivity contribution in [3.63, 3.8) is 0 Å². The average molecular weight is 346 g/mol. The number of aromatic nitrogens is 4. The summed E-state index contributed by atoms with van der Waals surface area (Å²) in [5, 5.41) is 16.4. The monoisotopic (exact) mass is 346 g/mol. The van der Waals surface area contributed by atoms with Crippen molar-refractivity contribution in [3.05, 3.63) is 28.9 Å². The number of nitrogens with zero attached hydrogens (tertiary/aromatic N) is 5. The predicted octanol–water partition coefficient (Wildman–Crippen LogP) is 2.01. The second-order valence-corrected chi connectivity index (χ2v) is 7.07. The summed E-state index contributed by atoms with van der Waals surface area (Å²) in [4.78, 5) is 2.48. The molecule has 1 saturated heterocycles. The van der Waals surface area contributed by atoms with Crippen molar-refractivity contribution in [2.24, 2.45) is 0 Å². The van der Waals surface area contributed by atoms with Crippen LogP contribution in [0.5, 0.6) is 0 Å². The van der Waals surface area contributed by atoms with Crippen LogP contribution in [0.2, 0.25) is 0 Å². The minimum absolute atomic E-state index is 0.507. The Balaban J connectivity index is 1.68. The van der Waals surface area contributed by atoms with Gasteiger partial charge in [0.25, 0.3) is 0 Å². The summed E-state index contributed by atoms with van der Waals surface area (Å²) < 4.78 is 7.40. The molecule has 1 N–H and O–H groups in total. The van der Waals surface area contributed by atoms with Gasteiger partial charge in [-0.25, -0.2) is 4.68 Å². The van der Waals surface area contributed by atoms with E-state index in [0.29, 0.717) is 18.6 Å². The van der Waals surface area contributed by atoms with E-state index in [4.69, 9.17) is 4.52 Å². The summed E-state index contributed by atoms with van der Waals surface area (Å²) in [5.41, 5.74) is 3.21. The average Bonchev–Trinajstić information content (AvgIpc) is 3.19. The van der Waals surface area contributed by atoms with Crippen LogP contribution in [0.25, 0.3) is 0 Å². The van der Waals surface area contributed by atoms with Crippen LogP contribution in [0, 0.1) is 0 Å². The molecule has 0 unspecified atom stereocenters. The number of rotatable bonds is 7. The highest BCUT2D eigenvalue weighted by Crippen LogP contribution is 2.18. The van der Waals surface area contributed by atoms with Gasteiger partial charge in [0.2, 0.25) is 0 Å².